The van der Waals surface area contributed by atoms with Gasteiger partial charge in [-0.1, -0.05) is 37.3 Å². The maximum absolute atomic E-state index is 11.2. The Bertz CT molecular complexity index is 333. The third-order valence-electron chi connectivity index (χ3n) is 1.88. The average molecular weight is 205 g/mol. The van der Waals surface area contributed by atoms with E-state index in [1.807, 2.05) is 37.3 Å². The highest BCUT2D eigenvalue weighted by molar-refractivity contribution is 5.87. The van der Waals surface area contributed by atoms with Gasteiger partial charge in [0.05, 0.1) is 0 Å². The van der Waals surface area contributed by atoms with E-state index in [1.54, 1.807) is 6.08 Å². The van der Waals surface area contributed by atoms with Crippen LogP contribution in [0.5, 0.6) is 0 Å². The summed E-state index contributed by atoms with van der Waals surface area (Å²) in [6, 6.07) is 9.54. The lowest BCUT2D eigenvalue weighted by Crippen LogP contribution is -2.25. The maximum atomic E-state index is 11.2. The third kappa shape index (κ3) is 4.42. The Morgan fingerprint density at radius 1 is 1.47 bits per heavy atom. The zero-order valence-corrected chi connectivity index (χ0v) is 8.72. The number of hydrogen-bond donors (Lipinski definition) is 1. The fraction of sp³-hybridized carbons (Fsp3) is 0.250. The number of esters is 1. The summed E-state index contributed by atoms with van der Waals surface area (Å²) in [6.45, 7) is 1.86. The van der Waals surface area contributed by atoms with Crippen molar-refractivity contribution in [2.24, 2.45) is 5.73 Å². The van der Waals surface area contributed by atoms with Crippen molar-refractivity contribution in [3.05, 3.63) is 42.0 Å². The summed E-state index contributed by atoms with van der Waals surface area (Å²) >= 11 is 0. The topological polar surface area (TPSA) is 52.3 Å². The Morgan fingerprint density at radius 2 is 2.13 bits per heavy atom. The fourth-order valence-corrected chi connectivity index (χ4v) is 1.00. The number of carbonyl (C=O) groups excluding carboxylic acids is 1. The molecule has 0 aliphatic rings. The van der Waals surface area contributed by atoms with Crippen LogP contribution in [0.15, 0.2) is 36.4 Å². The second-order valence-corrected chi connectivity index (χ2v) is 3.13. The van der Waals surface area contributed by atoms with Crippen LogP contribution in [0, 0.1) is 0 Å². The van der Waals surface area contributed by atoms with Gasteiger partial charge in [0, 0.05) is 6.08 Å². The quantitative estimate of drug-likeness (QED) is 0.464. The van der Waals surface area contributed by atoms with E-state index < -0.39 is 12.2 Å². The van der Waals surface area contributed by atoms with Gasteiger partial charge < -0.3 is 4.74 Å². The van der Waals surface area contributed by atoms with Gasteiger partial charge in [0.25, 0.3) is 0 Å². The molecule has 0 radical (unpaired) electrons. The van der Waals surface area contributed by atoms with E-state index in [0.717, 1.165) is 5.56 Å². The lowest BCUT2D eigenvalue weighted by Gasteiger charge is -2.07. The van der Waals surface area contributed by atoms with Crippen molar-refractivity contribution in [3.8, 4) is 0 Å². The molecule has 1 unspecified atom stereocenters. The van der Waals surface area contributed by atoms with Crippen LogP contribution in [0.4, 0.5) is 0 Å². The minimum Gasteiger partial charge on any atom is -0.444 e. The number of hydrogen-bond acceptors (Lipinski definition) is 3. The molecule has 0 bridgehead atoms. The molecule has 1 rings (SSSR count). The molecular weight excluding hydrogens is 190 g/mol. The van der Waals surface area contributed by atoms with Crippen LogP contribution in [0.3, 0.4) is 0 Å². The molecule has 3 nitrogen and oxygen atoms in total. The zero-order valence-electron chi connectivity index (χ0n) is 8.72. The molecule has 1 atom stereocenters. The van der Waals surface area contributed by atoms with Crippen LogP contribution in [0.1, 0.15) is 18.9 Å². The van der Waals surface area contributed by atoms with Gasteiger partial charge in [-0.15, -0.1) is 0 Å². The van der Waals surface area contributed by atoms with Gasteiger partial charge in [-0.05, 0) is 18.1 Å². The number of ether oxygens (including phenoxy) is 1. The lowest BCUT2D eigenvalue weighted by molar-refractivity contribution is -0.142. The van der Waals surface area contributed by atoms with Gasteiger partial charge in [0.1, 0.15) is 0 Å². The highest BCUT2D eigenvalue weighted by Crippen LogP contribution is 2.01. The Morgan fingerprint density at radius 3 is 2.73 bits per heavy atom. The first-order valence-electron chi connectivity index (χ1n) is 4.91. The summed E-state index contributed by atoms with van der Waals surface area (Å²) in [5.74, 6) is -0.409. The van der Waals surface area contributed by atoms with Crippen LogP contribution in [0.2, 0.25) is 0 Å². The van der Waals surface area contributed by atoms with Gasteiger partial charge in [0.15, 0.2) is 6.23 Å². The third-order valence-corrected chi connectivity index (χ3v) is 1.88. The molecule has 0 heterocycles. The monoisotopic (exact) mass is 205 g/mol. The van der Waals surface area contributed by atoms with E-state index in [0.29, 0.717) is 6.42 Å². The van der Waals surface area contributed by atoms with Crippen LogP contribution in [-0.2, 0) is 9.53 Å². The second-order valence-electron chi connectivity index (χ2n) is 3.13. The van der Waals surface area contributed by atoms with Crippen molar-refractivity contribution in [2.45, 2.75) is 19.6 Å². The standard InChI is InChI=1S/C12H15NO2/c1-2-11(13)15-12(14)9-8-10-6-4-3-5-7-10/h3-9,11H,2,13H2,1H3. The summed E-state index contributed by atoms with van der Waals surface area (Å²) in [5.41, 5.74) is 6.42. The van der Waals surface area contributed by atoms with Crippen molar-refractivity contribution >= 4 is 12.0 Å². The number of carbonyl (C=O) groups is 1. The van der Waals surface area contributed by atoms with Gasteiger partial charge in [-0.3, -0.25) is 5.73 Å². The molecule has 0 amide bonds. The highest BCUT2D eigenvalue weighted by atomic mass is 16.6. The molecule has 0 saturated heterocycles. The minimum absolute atomic E-state index is 0.409. The molecule has 15 heavy (non-hydrogen) atoms. The normalized spacial score (nSPS) is 12.7. The Hall–Kier alpha value is -1.61. The first-order valence-corrected chi connectivity index (χ1v) is 4.91. The molecule has 3 heteroatoms. The molecular formula is C12H15NO2. The average Bonchev–Trinajstić information content (AvgIpc) is 2.27. The molecule has 80 valence electrons. The first-order chi connectivity index (χ1) is 7.22. The second kappa shape index (κ2) is 5.98. The molecule has 0 saturated carbocycles. The lowest BCUT2D eigenvalue weighted by atomic mass is 10.2. The Balaban J connectivity index is 2.48. The first kappa shape index (κ1) is 11.5. The predicted molar refractivity (Wildman–Crippen MR) is 59.8 cm³/mol. The molecule has 2 N–H and O–H groups in total. The van der Waals surface area contributed by atoms with Crippen molar-refractivity contribution in [1.29, 1.82) is 0 Å². The zero-order chi connectivity index (χ0) is 11.1. The molecule has 0 fully saturated rings. The molecule has 0 aliphatic heterocycles. The largest absolute Gasteiger partial charge is 0.444 e. The van der Waals surface area contributed by atoms with Crippen LogP contribution in [-0.4, -0.2) is 12.2 Å². The number of rotatable bonds is 4. The summed E-state index contributed by atoms with van der Waals surface area (Å²) in [5, 5.41) is 0. The molecule has 1 aromatic carbocycles. The van der Waals surface area contributed by atoms with Gasteiger partial charge in [-0.2, -0.15) is 0 Å². The van der Waals surface area contributed by atoms with E-state index >= 15 is 0 Å². The number of nitrogens with two attached hydrogens (primary N) is 1. The van der Waals surface area contributed by atoms with E-state index in [1.165, 1.54) is 6.08 Å². The molecule has 1 aromatic rings. The minimum atomic E-state index is -0.516. The summed E-state index contributed by atoms with van der Waals surface area (Å²) in [6.07, 6.45) is 3.18. The van der Waals surface area contributed by atoms with Crippen molar-refractivity contribution < 1.29 is 9.53 Å². The van der Waals surface area contributed by atoms with E-state index in [-0.39, 0.29) is 0 Å². The molecule has 0 aromatic heterocycles. The van der Waals surface area contributed by atoms with Gasteiger partial charge >= 0.3 is 5.97 Å². The van der Waals surface area contributed by atoms with Crippen LogP contribution in [0.25, 0.3) is 6.08 Å². The summed E-state index contributed by atoms with van der Waals surface area (Å²) < 4.78 is 4.87. The SMILES string of the molecule is CCC(N)OC(=O)C=Cc1ccccc1. The summed E-state index contributed by atoms with van der Waals surface area (Å²) in [4.78, 5) is 11.2. The molecule has 0 spiro atoms. The van der Waals surface area contributed by atoms with Gasteiger partial charge in [-0.25, -0.2) is 4.79 Å². The van der Waals surface area contributed by atoms with Crippen molar-refractivity contribution in [1.82, 2.24) is 0 Å². The fourth-order valence-electron chi connectivity index (χ4n) is 1.00. The predicted octanol–water partition coefficient (Wildman–Crippen LogP) is 1.94. The number of benzene rings is 1. The Labute approximate surface area is 89.5 Å². The van der Waals surface area contributed by atoms with Crippen LogP contribution < -0.4 is 5.73 Å². The maximum Gasteiger partial charge on any atom is 0.332 e. The van der Waals surface area contributed by atoms with Crippen molar-refractivity contribution in [3.63, 3.8) is 0 Å². The van der Waals surface area contributed by atoms with Gasteiger partial charge in [0.2, 0.25) is 0 Å². The molecule has 0 aliphatic carbocycles. The van der Waals surface area contributed by atoms with E-state index in [4.69, 9.17) is 10.5 Å². The van der Waals surface area contributed by atoms with Crippen LogP contribution >= 0.6 is 0 Å². The van der Waals surface area contributed by atoms with Crippen molar-refractivity contribution in [2.75, 3.05) is 0 Å². The smallest absolute Gasteiger partial charge is 0.332 e. The van der Waals surface area contributed by atoms with E-state index in [2.05, 4.69) is 0 Å². The highest BCUT2D eigenvalue weighted by Gasteiger charge is 2.03. The summed E-state index contributed by atoms with van der Waals surface area (Å²) in [7, 11) is 0. The van der Waals surface area contributed by atoms with E-state index in [9.17, 15) is 4.79 Å². The Kier molecular flexibility index (Phi) is 4.57.